The molecule has 0 saturated heterocycles. The number of benzene rings is 2. The number of thiazole rings is 2. The van der Waals surface area contributed by atoms with Crippen molar-refractivity contribution in [2.75, 3.05) is 23.4 Å². The summed E-state index contributed by atoms with van der Waals surface area (Å²) in [6.07, 6.45) is 1.61. The molecule has 5 rings (SSSR count). The van der Waals surface area contributed by atoms with Gasteiger partial charge in [-0.2, -0.15) is 0 Å². The van der Waals surface area contributed by atoms with Gasteiger partial charge < -0.3 is 10.1 Å². The van der Waals surface area contributed by atoms with E-state index in [1.807, 2.05) is 53.9 Å². The van der Waals surface area contributed by atoms with Crippen molar-refractivity contribution in [2.45, 2.75) is 0 Å². The molecular weight excluding hydrogens is 432 g/mol. The number of nitrogens with one attached hydrogen (secondary N) is 1. The summed E-state index contributed by atoms with van der Waals surface area (Å²) in [6, 6.07) is 15.5. The fraction of sp³-hybridized carbons (Fsp3) is 0.0909. The molecule has 0 aliphatic carbocycles. The van der Waals surface area contributed by atoms with Crippen LogP contribution in [0.5, 0.6) is 5.75 Å². The lowest BCUT2D eigenvalue weighted by Gasteiger charge is -2.29. The molecule has 2 aromatic carbocycles. The highest BCUT2D eigenvalue weighted by Crippen LogP contribution is 2.37. The zero-order valence-corrected chi connectivity index (χ0v) is 17.8. The van der Waals surface area contributed by atoms with Crippen LogP contribution in [0.1, 0.15) is 0 Å². The second-order valence-corrected chi connectivity index (χ2v) is 8.49. The Kier molecular flexibility index (Phi) is 5.19. The Morgan fingerprint density at radius 2 is 2.00 bits per heavy atom. The topological polar surface area (TPSA) is 84.4 Å². The second-order valence-electron chi connectivity index (χ2n) is 6.74. The van der Waals surface area contributed by atoms with Gasteiger partial charge in [0.15, 0.2) is 11.7 Å². The zero-order chi connectivity index (χ0) is 21.2. The van der Waals surface area contributed by atoms with E-state index in [9.17, 15) is 9.59 Å². The van der Waals surface area contributed by atoms with Crippen molar-refractivity contribution in [3.8, 4) is 27.6 Å². The van der Waals surface area contributed by atoms with Gasteiger partial charge in [0.25, 0.3) is 5.91 Å². The van der Waals surface area contributed by atoms with Gasteiger partial charge in [-0.15, -0.1) is 22.7 Å². The van der Waals surface area contributed by atoms with Crippen LogP contribution in [0.25, 0.3) is 21.8 Å². The molecule has 0 radical (unpaired) electrons. The lowest BCUT2D eigenvalue weighted by atomic mass is 10.1. The van der Waals surface area contributed by atoms with E-state index in [-0.39, 0.29) is 25.0 Å². The molecule has 0 bridgehead atoms. The molecule has 0 spiro atoms. The molecular formula is C22H16N4O3S2. The van der Waals surface area contributed by atoms with Crippen molar-refractivity contribution < 1.29 is 14.3 Å². The second kappa shape index (κ2) is 8.29. The Morgan fingerprint density at radius 3 is 2.81 bits per heavy atom. The summed E-state index contributed by atoms with van der Waals surface area (Å²) >= 11 is 2.88. The predicted molar refractivity (Wildman–Crippen MR) is 122 cm³/mol. The lowest BCUT2D eigenvalue weighted by molar-refractivity contribution is -0.123. The number of hydrogen-bond donors (Lipinski definition) is 1. The van der Waals surface area contributed by atoms with Crippen LogP contribution in [-0.4, -0.2) is 34.9 Å². The average molecular weight is 449 g/mol. The number of anilines is 2. The Hall–Kier alpha value is -3.56. The fourth-order valence-corrected chi connectivity index (χ4v) is 4.62. The van der Waals surface area contributed by atoms with E-state index in [1.54, 1.807) is 22.9 Å². The number of amides is 2. The van der Waals surface area contributed by atoms with E-state index < -0.39 is 0 Å². The molecule has 2 amide bonds. The van der Waals surface area contributed by atoms with Gasteiger partial charge in [-0.05, 0) is 18.2 Å². The van der Waals surface area contributed by atoms with E-state index in [4.69, 9.17) is 9.72 Å². The van der Waals surface area contributed by atoms with Crippen molar-refractivity contribution in [3.05, 3.63) is 65.5 Å². The third-order valence-corrected chi connectivity index (χ3v) is 6.28. The normalized spacial score (nSPS) is 12.9. The summed E-state index contributed by atoms with van der Waals surface area (Å²) in [5.41, 5.74) is 3.26. The van der Waals surface area contributed by atoms with Crippen LogP contribution < -0.4 is 15.0 Å². The van der Waals surface area contributed by atoms with E-state index in [1.165, 1.54) is 16.2 Å². The van der Waals surface area contributed by atoms with Crippen LogP contribution in [-0.2, 0) is 9.59 Å². The van der Waals surface area contributed by atoms with Crippen molar-refractivity contribution in [1.82, 2.24) is 9.97 Å². The molecule has 9 heteroatoms. The summed E-state index contributed by atoms with van der Waals surface area (Å²) in [4.78, 5) is 35.2. The van der Waals surface area contributed by atoms with Crippen molar-refractivity contribution in [2.24, 2.45) is 0 Å². The minimum Gasteiger partial charge on any atom is -0.482 e. The van der Waals surface area contributed by atoms with Gasteiger partial charge in [0.2, 0.25) is 5.91 Å². The molecule has 0 unspecified atom stereocenters. The Morgan fingerprint density at radius 1 is 1.13 bits per heavy atom. The summed E-state index contributed by atoms with van der Waals surface area (Å²) in [7, 11) is 0. The Balaban J connectivity index is 1.42. The summed E-state index contributed by atoms with van der Waals surface area (Å²) in [6.45, 7) is -0.226. The molecule has 0 atom stereocenters. The predicted octanol–water partition coefficient (Wildman–Crippen LogP) is 4.30. The number of ether oxygens (including phenoxy) is 1. The van der Waals surface area contributed by atoms with E-state index in [2.05, 4.69) is 10.3 Å². The van der Waals surface area contributed by atoms with Crippen LogP contribution >= 0.6 is 22.7 Å². The molecule has 3 heterocycles. The molecule has 2 aromatic heterocycles. The number of carbonyl (C=O) groups is 2. The molecule has 154 valence electrons. The number of carbonyl (C=O) groups excluding carboxylic acids is 2. The first-order chi connectivity index (χ1) is 15.2. The van der Waals surface area contributed by atoms with Gasteiger partial charge in [0, 0.05) is 28.1 Å². The highest BCUT2D eigenvalue weighted by Gasteiger charge is 2.28. The maximum absolute atomic E-state index is 12.5. The smallest absolute Gasteiger partial charge is 0.265 e. The minimum absolute atomic E-state index is 0.105. The number of nitrogens with zero attached hydrogens (tertiary/aromatic N) is 3. The van der Waals surface area contributed by atoms with Gasteiger partial charge in [0.1, 0.15) is 17.3 Å². The largest absolute Gasteiger partial charge is 0.482 e. The maximum atomic E-state index is 12.5. The molecule has 31 heavy (non-hydrogen) atoms. The van der Waals surface area contributed by atoms with Gasteiger partial charge >= 0.3 is 0 Å². The van der Waals surface area contributed by atoms with Crippen LogP contribution in [0.3, 0.4) is 0 Å². The van der Waals surface area contributed by atoms with E-state index in [0.717, 1.165) is 21.8 Å². The molecule has 7 nitrogen and oxygen atoms in total. The van der Waals surface area contributed by atoms with Gasteiger partial charge in [-0.25, -0.2) is 9.97 Å². The van der Waals surface area contributed by atoms with Crippen LogP contribution in [0.15, 0.2) is 65.5 Å². The minimum atomic E-state index is -0.318. The van der Waals surface area contributed by atoms with Crippen molar-refractivity contribution in [3.63, 3.8) is 0 Å². The highest BCUT2D eigenvalue weighted by atomic mass is 32.1. The Bertz CT molecular complexity index is 1240. The third-order valence-electron chi connectivity index (χ3n) is 4.70. The quantitative estimate of drug-likeness (QED) is 0.492. The average Bonchev–Trinajstić information content (AvgIpc) is 3.48. The summed E-state index contributed by atoms with van der Waals surface area (Å²) in [5.74, 6) is -0.0346. The SMILES string of the molecule is O=C(CN1C(=O)COc2ccc(-c3csc(-c4ccccc4)n3)cc21)Nc1nccs1. The number of rotatable bonds is 5. The summed E-state index contributed by atoms with van der Waals surface area (Å²) in [5, 5.41) is 7.88. The molecule has 0 saturated carbocycles. The molecule has 0 fully saturated rings. The maximum Gasteiger partial charge on any atom is 0.265 e. The van der Waals surface area contributed by atoms with Crippen molar-refractivity contribution in [1.29, 1.82) is 0 Å². The lowest BCUT2D eigenvalue weighted by Crippen LogP contribution is -2.43. The first-order valence-electron chi connectivity index (χ1n) is 9.45. The van der Waals surface area contributed by atoms with E-state index >= 15 is 0 Å². The number of aromatic nitrogens is 2. The van der Waals surface area contributed by atoms with Gasteiger partial charge in [-0.1, -0.05) is 30.3 Å². The first kappa shape index (κ1) is 19.4. The van der Waals surface area contributed by atoms with Crippen LogP contribution in [0, 0.1) is 0 Å². The van der Waals surface area contributed by atoms with Crippen LogP contribution in [0.2, 0.25) is 0 Å². The molecule has 1 aliphatic rings. The van der Waals surface area contributed by atoms with Gasteiger partial charge in [0.05, 0.1) is 11.4 Å². The first-order valence-corrected chi connectivity index (χ1v) is 11.2. The Labute approximate surface area is 186 Å². The standard InChI is InChI=1S/C22H16N4O3S2/c27-19(25-22-23-8-9-30-22)11-26-17-10-15(6-7-18(17)29-12-20(26)28)16-13-31-21(24-16)14-4-2-1-3-5-14/h1-10,13H,11-12H2,(H,23,25,27). The van der Waals surface area contributed by atoms with Gasteiger partial charge in [-0.3, -0.25) is 14.5 Å². The number of fused-ring (bicyclic) bond motifs is 1. The van der Waals surface area contributed by atoms with Crippen molar-refractivity contribution >= 4 is 45.3 Å². The zero-order valence-electron chi connectivity index (χ0n) is 16.1. The van der Waals surface area contributed by atoms with Crippen LogP contribution in [0.4, 0.5) is 10.8 Å². The van der Waals surface area contributed by atoms with E-state index in [0.29, 0.717) is 16.6 Å². The summed E-state index contributed by atoms with van der Waals surface area (Å²) < 4.78 is 5.57. The molecule has 4 aromatic rings. The fourth-order valence-electron chi connectivity index (χ4n) is 3.24. The monoisotopic (exact) mass is 448 g/mol. The highest BCUT2D eigenvalue weighted by molar-refractivity contribution is 7.14. The number of hydrogen-bond acceptors (Lipinski definition) is 7. The molecule has 1 aliphatic heterocycles. The third kappa shape index (κ3) is 4.05. The molecule has 1 N–H and O–H groups in total.